The number of hydrogen-bond donors (Lipinski definition) is 1. The summed E-state index contributed by atoms with van der Waals surface area (Å²) in [6, 6.07) is 7.69. The van der Waals surface area contributed by atoms with Gasteiger partial charge in [-0.1, -0.05) is 29.8 Å². The second-order valence-electron chi connectivity index (χ2n) is 5.87. The van der Waals surface area contributed by atoms with Crippen molar-refractivity contribution in [1.82, 2.24) is 10.3 Å². The summed E-state index contributed by atoms with van der Waals surface area (Å²) in [5.41, 5.74) is 2.82. The van der Waals surface area contributed by atoms with Gasteiger partial charge in [-0.25, -0.2) is 13.4 Å². The molecular formula is C16H18N2O3S2. The second-order valence-corrected chi connectivity index (χ2v) is 9.10. The Morgan fingerprint density at radius 2 is 1.96 bits per heavy atom. The lowest BCUT2D eigenvalue weighted by molar-refractivity contribution is 0.0944. The van der Waals surface area contributed by atoms with Gasteiger partial charge in [0.25, 0.3) is 5.91 Å². The van der Waals surface area contributed by atoms with E-state index < -0.39 is 9.84 Å². The van der Waals surface area contributed by atoms with Crippen molar-refractivity contribution in [2.24, 2.45) is 0 Å². The lowest BCUT2D eigenvalue weighted by Gasteiger charge is -2.09. The van der Waals surface area contributed by atoms with Crippen LogP contribution in [0.4, 0.5) is 0 Å². The van der Waals surface area contributed by atoms with Crippen LogP contribution in [-0.2, 0) is 9.84 Å². The monoisotopic (exact) mass is 350 g/mol. The molecule has 5 nitrogen and oxygen atoms in total. The van der Waals surface area contributed by atoms with Crippen molar-refractivity contribution in [2.45, 2.75) is 26.3 Å². The Hall–Kier alpha value is -1.73. The fraction of sp³-hybridized carbons (Fsp3) is 0.375. The summed E-state index contributed by atoms with van der Waals surface area (Å²) >= 11 is 1.34. The lowest BCUT2D eigenvalue weighted by Crippen LogP contribution is -2.35. The van der Waals surface area contributed by atoms with Gasteiger partial charge in [0, 0.05) is 11.6 Å². The van der Waals surface area contributed by atoms with Crippen LogP contribution in [0.2, 0.25) is 0 Å². The summed E-state index contributed by atoms with van der Waals surface area (Å²) in [5, 5.41) is 3.62. The van der Waals surface area contributed by atoms with Crippen LogP contribution in [0.1, 0.15) is 27.3 Å². The Kier molecular flexibility index (Phi) is 4.25. The van der Waals surface area contributed by atoms with E-state index in [0.29, 0.717) is 17.0 Å². The summed E-state index contributed by atoms with van der Waals surface area (Å²) < 4.78 is 23.0. The van der Waals surface area contributed by atoms with Gasteiger partial charge in [-0.05, 0) is 20.3 Å². The molecule has 122 valence electrons. The Labute approximate surface area is 139 Å². The first-order valence-corrected chi connectivity index (χ1v) is 10.0. The van der Waals surface area contributed by atoms with Gasteiger partial charge in [-0.15, -0.1) is 11.3 Å². The average Bonchev–Trinajstić information content (AvgIpc) is 3.02. The molecule has 0 bridgehead atoms. The number of amides is 1. The summed E-state index contributed by atoms with van der Waals surface area (Å²) in [5.74, 6) is -0.0594. The third-order valence-electron chi connectivity index (χ3n) is 3.87. The first-order chi connectivity index (χ1) is 10.8. The van der Waals surface area contributed by atoms with Crippen molar-refractivity contribution >= 4 is 27.1 Å². The molecule has 1 atom stereocenters. The zero-order chi connectivity index (χ0) is 16.6. The van der Waals surface area contributed by atoms with Crippen LogP contribution < -0.4 is 5.32 Å². The first-order valence-electron chi connectivity index (χ1n) is 7.40. The highest BCUT2D eigenvalue weighted by Gasteiger charge is 2.30. The molecule has 1 saturated heterocycles. The largest absolute Gasteiger partial charge is 0.347 e. The highest BCUT2D eigenvalue weighted by Crippen LogP contribution is 2.28. The fourth-order valence-corrected chi connectivity index (χ4v) is 5.23. The molecule has 2 aromatic rings. The van der Waals surface area contributed by atoms with Gasteiger partial charge in [0.15, 0.2) is 9.84 Å². The van der Waals surface area contributed by atoms with E-state index in [1.165, 1.54) is 16.9 Å². The maximum absolute atomic E-state index is 12.4. The molecule has 1 amide bonds. The second kappa shape index (κ2) is 6.05. The van der Waals surface area contributed by atoms with Crippen molar-refractivity contribution in [1.29, 1.82) is 0 Å². The third kappa shape index (κ3) is 3.61. The van der Waals surface area contributed by atoms with E-state index in [0.717, 1.165) is 10.6 Å². The SMILES string of the molecule is Cc1ccc(-c2nc(C)c(C(=O)N[C@@H]3CCS(=O)(=O)C3)s2)cc1. The van der Waals surface area contributed by atoms with Crippen molar-refractivity contribution < 1.29 is 13.2 Å². The predicted molar refractivity (Wildman–Crippen MR) is 91.5 cm³/mol. The standard InChI is InChI=1S/C16H18N2O3S2/c1-10-3-5-12(6-4-10)16-17-11(2)14(22-16)15(19)18-13-7-8-23(20,21)9-13/h3-6,13H,7-9H2,1-2H3,(H,18,19)/t13-/m1/s1. The number of rotatable bonds is 3. The van der Waals surface area contributed by atoms with Gasteiger partial charge in [0.2, 0.25) is 0 Å². The number of aromatic nitrogens is 1. The number of carbonyl (C=O) groups is 1. The van der Waals surface area contributed by atoms with Crippen LogP contribution in [0.25, 0.3) is 10.6 Å². The molecule has 1 aliphatic rings. The van der Waals surface area contributed by atoms with E-state index >= 15 is 0 Å². The molecule has 1 fully saturated rings. The van der Waals surface area contributed by atoms with E-state index in [-0.39, 0.29) is 23.5 Å². The molecule has 1 aliphatic heterocycles. The van der Waals surface area contributed by atoms with Crippen molar-refractivity contribution in [3.05, 3.63) is 40.4 Å². The van der Waals surface area contributed by atoms with E-state index in [1.807, 2.05) is 31.2 Å². The van der Waals surface area contributed by atoms with Crippen molar-refractivity contribution in [3.8, 4) is 10.6 Å². The molecule has 0 radical (unpaired) electrons. The maximum Gasteiger partial charge on any atom is 0.263 e. The number of nitrogens with zero attached hydrogens (tertiary/aromatic N) is 1. The zero-order valence-electron chi connectivity index (χ0n) is 13.0. The first kappa shape index (κ1) is 16.1. The van der Waals surface area contributed by atoms with E-state index in [9.17, 15) is 13.2 Å². The predicted octanol–water partition coefficient (Wildman–Crippen LogP) is 2.34. The highest BCUT2D eigenvalue weighted by molar-refractivity contribution is 7.91. The number of carbonyl (C=O) groups excluding carboxylic acids is 1. The number of sulfone groups is 1. The van der Waals surface area contributed by atoms with Gasteiger partial charge in [-0.3, -0.25) is 4.79 Å². The molecule has 0 saturated carbocycles. The molecule has 7 heteroatoms. The van der Waals surface area contributed by atoms with Crippen LogP contribution >= 0.6 is 11.3 Å². The molecule has 3 rings (SSSR count). The molecule has 2 heterocycles. The van der Waals surface area contributed by atoms with Gasteiger partial charge in [0.1, 0.15) is 9.88 Å². The van der Waals surface area contributed by atoms with Gasteiger partial charge in [0.05, 0.1) is 17.2 Å². The zero-order valence-corrected chi connectivity index (χ0v) is 14.6. The average molecular weight is 350 g/mol. The molecule has 1 aromatic carbocycles. The van der Waals surface area contributed by atoms with Crippen LogP contribution in [-0.4, -0.2) is 36.9 Å². The Morgan fingerprint density at radius 1 is 1.26 bits per heavy atom. The quantitative estimate of drug-likeness (QED) is 0.922. The van der Waals surface area contributed by atoms with E-state index in [1.54, 1.807) is 6.92 Å². The number of thiazole rings is 1. The van der Waals surface area contributed by atoms with Crippen LogP contribution in [0.3, 0.4) is 0 Å². The third-order valence-corrected chi connectivity index (χ3v) is 6.84. The van der Waals surface area contributed by atoms with Crippen molar-refractivity contribution in [2.75, 3.05) is 11.5 Å². The summed E-state index contributed by atoms with van der Waals surface area (Å²) in [7, 11) is -3.00. The summed E-state index contributed by atoms with van der Waals surface area (Å²) in [6.07, 6.45) is 0.483. The topological polar surface area (TPSA) is 76.1 Å². The molecule has 0 spiro atoms. The minimum atomic E-state index is -3.00. The molecule has 0 unspecified atom stereocenters. The molecule has 23 heavy (non-hydrogen) atoms. The van der Waals surface area contributed by atoms with E-state index in [2.05, 4.69) is 10.3 Å². The number of benzene rings is 1. The van der Waals surface area contributed by atoms with Gasteiger partial charge in [-0.2, -0.15) is 0 Å². The molecule has 1 N–H and O–H groups in total. The van der Waals surface area contributed by atoms with Gasteiger partial charge < -0.3 is 5.32 Å². The summed E-state index contributed by atoms with van der Waals surface area (Å²) in [6.45, 7) is 3.82. The van der Waals surface area contributed by atoms with Crippen LogP contribution in [0.15, 0.2) is 24.3 Å². The minimum absolute atomic E-state index is 0.0292. The molecular weight excluding hydrogens is 332 g/mol. The number of hydrogen-bond acceptors (Lipinski definition) is 5. The Morgan fingerprint density at radius 3 is 2.57 bits per heavy atom. The van der Waals surface area contributed by atoms with Crippen LogP contribution in [0, 0.1) is 13.8 Å². The molecule has 1 aromatic heterocycles. The van der Waals surface area contributed by atoms with E-state index in [4.69, 9.17) is 0 Å². The maximum atomic E-state index is 12.4. The minimum Gasteiger partial charge on any atom is -0.347 e. The Bertz CT molecular complexity index is 839. The fourth-order valence-electron chi connectivity index (χ4n) is 2.59. The smallest absolute Gasteiger partial charge is 0.263 e. The lowest BCUT2D eigenvalue weighted by atomic mass is 10.2. The van der Waals surface area contributed by atoms with Gasteiger partial charge >= 0.3 is 0 Å². The number of nitrogens with one attached hydrogen (secondary N) is 1. The summed E-state index contributed by atoms with van der Waals surface area (Å²) in [4.78, 5) is 17.4. The number of aryl methyl sites for hydroxylation is 2. The highest BCUT2D eigenvalue weighted by atomic mass is 32.2. The molecule has 0 aliphatic carbocycles. The normalized spacial score (nSPS) is 19.7. The van der Waals surface area contributed by atoms with Crippen molar-refractivity contribution in [3.63, 3.8) is 0 Å². The van der Waals surface area contributed by atoms with Crippen LogP contribution in [0.5, 0.6) is 0 Å². The Balaban J connectivity index is 1.78.